The quantitative estimate of drug-likeness (QED) is 0.607. The monoisotopic (exact) mass is 346 g/mol. The van der Waals surface area contributed by atoms with Crippen molar-refractivity contribution in [2.45, 2.75) is 34.1 Å². The summed E-state index contributed by atoms with van der Waals surface area (Å²) in [6, 6.07) is 3.65. The number of carbonyl (C=O) groups is 2. The summed E-state index contributed by atoms with van der Waals surface area (Å²) in [6.45, 7) is 7.24. The van der Waals surface area contributed by atoms with Crippen molar-refractivity contribution in [1.29, 1.82) is 0 Å². The molecular formula is C19H22O6. The van der Waals surface area contributed by atoms with Gasteiger partial charge in [-0.25, -0.2) is 4.79 Å². The van der Waals surface area contributed by atoms with Crippen molar-refractivity contribution in [3.05, 3.63) is 51.9 Å². The fraction of sp³-hybridized carbons (Fsp3) is 0.368. The van der Waals surface area contributed by atoms with Gasteiger partial charge in [-0.2, -0.15) is 0 Å². The molecule has 0 bridgehead atoms. The molecule has 134 valence electrons. The van der Waals surface area contributed by atoms with E-state index in [0.717, 1.165) is 0 Å². The fourth-order valence-corrected chi connectivity index (χ4v) is 2.83. The average molecular weight is 346 g/mol. The Kier molecular flexibility index (Phi) is 5.51. The third-order valence-electron chi connectivity index (χ3n) is 3.90. The Morgan fingerprint density at radius 3 is 1.68 bits per heavy atom. The van der Waals surface area contributed by atoms with Gasteiger partial charge in [0.05, 0.1) is 26.2 Å². The van der Waals surface area contributed by atoms with Crippen LogP contribution in [0.1, 0.15) is 40.6 Å². The van der Waals surface area contributed by atoms with Crippen LogP contribution in [0.4, 0.5) is 0 Å². The molecule has 0 aromatic carbocycles. The molecule has 0 aliphatic carbocycles. The minimum Gasteiger partial charge on any atom is -0.469 e. The summed E-state index contributed by atoms with van der Waals surface area (Å²) in [5.41, 5.74) is 2.18. The second kappa shape index (κ2) is 7.42. The molecule has 2 aromatic rings. The third-order valence-corrected chi connectivity index (χ3v) is 3.90. The molecular weight excluding hydrogens is 324 g/mol. The number of carbonyl (C=O) groups excluding carboxylic acids is 2. The molecule has 0 amide bonds. The zero-order chi connectivity index (χ0) is 18.7. The van der Waals surface area contributed by atoms with Crippen LogP contribution in [0.3, 0.4) is 0 Å². The topological polar surface area (TPSA) is 78.9 Å². The Bertz CT molecular complexity index is 786. The minimum absolute atomic E-state index is 0.196. The number of hydrogen-bond acceptors (Lipinski definition) is 6. The zero-order valence-electron chi connectivity index (χ0n) is 15.3. The summed E-state index contributed by atoms with van der Waals surface area (Å²) < 4.78 is 20.9. The largest absolute Gasteiger partial charge is 0.469 e. The van der Waals surface area contributed by atoms with E-state index in [1.54, 1.807) is 13.8 Å². The van der Waals surface area contributed by atoms with Crippen LogP contribution < -0.4 is 0 Å². The Hall–Kier alpha value is -2.76. The lowest BCUT2D eigenvalue weighted by molar-refractivity contribution is -0.143. The smallest absolute Gasteiger partial charge is 0.334 e. The van der Waals surface area contributed by atoms with E-state index in [9.17, 15) is 9.59 Å². The van der Waals surface area contributed by atoms with E-state index in [2.05, 4.69) is 0 Å². The van der Waals surface area contributed by atoms with E-state index in [0.29, 0.717) is 39.7 Å². The summed E-state index contributed by atoms with van der Waals surface area (Å²) in [7, 11) is 2.55. The molecule has 0 atom stereocenters. The molecule has 0 spiro atoms. The maximum Gasteiger partial charge on any atom is 0.334 e. The van der Waals surface area contributed by atoms with Gasteiger partial charge in [-0.1, -0.05) is 0 Å². The lowest BCUT2D eigenvalue weighted by Crippen LogP contribution is -2.14. The highest BCUT2D eigenvalue weighted by Gasteiger charge is 2.27. The summed E-state index contributed by atoms with van der Waals surface area (Å²) in [5, 5.41) is 0. The van der Waals surface area contributed by atoms with Crippen molar-refractivity contribution in [3.8, 4) is 0 Å². The van der Waals surface area contributed by atoms with E-state index in [1.807, 2.05) is 26.0 Å². The summed E-state index contributed by atoms with van der Waals surface area (Å²) in [5.74, 6) is 1.54. The lowest BCUT2D eigenvalue weighted by Gasteiger charge is -2.13. The number of ether oxygens (including phenoxy) is 2. The van der Waals surface area contributed by atoms with Gasteiger partial charge in [-0.15, -0.1) is 0 Å². The van der Waals surface area contributed by atoms with Gasteiger partial charge < -0.3 is 18.3 Å². The number of esters is 2. The van der Waals surface area contributed by atoms with Crippen molar-refractivity contribution in [2.24, 2.45) is 0 Å². The van der Waals surface area contributed by atoms with Crippen molar-refractivity contribution in [3.63, 3.8) is 0 Å². The molecule has 0 saturated carbocycles. The normalized spacial score (nSPS) is 10.5. The van der Waals surface area contributed by atoms with Crippen LogP contribution in [-0.2, 0) is 19.1 Å². The van der Waals surface area contributed by atoms with Crippen LogP contribution in [0, 0.1) is 27.7 Å². The highest BCUT2D eigenvalue weighted by atomic mass is 16.5. The summed E-state index contributed by atoms with van der Waals surface area (Å²) in [6.07, 6.45) is -0.216. The van der Waals surface area contributed by atoms with Gasteiger partial charge in [0, 0.05) is 16.7 Å². The SMILES string of the molecule is COC(=O)CC(C(=O)OC)=C(c1cc(C)oc1C)c1cc(C)oc1C. The fourth-order valence-electron chi connectivity index (χ4n) is 2.83. The second-order valence-electron chi connectivity index (χ2n) is 5.75. The maximum absolute atomic E-state index is 12.4. The van der Waals surface area contributed by atoms with Gasteiger partial charge in [0.1, 0.15) is 23.0 Å². The molecule has 6 nitrogen and oxygen atoms in total. The van der Waals surface area contributed by atoms with Gasteiger partial charge in [-0.05, 0) is 39.8 Å². The third kappa shape index (κ3) is 3.84. The first-order chi connectivity index (χ1) is 11.8. The molecule has 0 aliphatic rings. The number of rotatable bonds is 5. The predicted molar refractivity (Wildman–Crippen MR) is 91.0 cm³/mol. The average Bonchev–Trinajstić information content (AvgIpc) is 3.07. The number of hydrogen-bond donors (Lipinski definition) is 0. The van der Waals surface area contributed by atoms with Crippen molar-refractivity contribution >= 4 is 17.5 Å². The first-order valence-corrected chi connectivity index (χ1v) is 7.81. The molecule has 2 aromatic heterocycles. The van der Waals surface area contributed by atoms with Gasteiger partial charge >= 0.3 is 11.9 Å². The molecule has 0 radical (unpaired) electrons. The molecule has 0 N–H and O–H groups in total. The van der Waals surface area contributed by atoms with Crippen LogP contribution in [0.5, 0.6) is 0 Å². The van der Waals surface area contributed by atoms with Crippen LogP contribution in [-0.4, -0.2) is 26.2 Å². The van der Waals surface area contributed by atoms with Crippen molar-refractivity contribution < 1.29 is 27.9 Å². The molecule has 0 aliphatic heterocycles. The van der Waals surface area contributed by atoms with E-state index in [4.69, 9.17) is 18.3 Å². The van der Waals surface area contributed by atoms with Gasteiger partial charge in [0.25, 0.3) is 0 Å². The van der Waals surface area contributed by atoms with Crippen molar-refractivity contribution in [2.75, 3.05) is 14.2 Å². The van der Waals surface area contributed by atoms with Gasteiger partial charge in [0.2, 0.25) is 0 Å². The Labute approximate surface area is 146 Å². The molecule has 0 saturated heterocycles. The Morgan fingerprint density at radius 1 is 0.880 bits per heavy atom. The van der Waals surface area contributed by atoms with E-state index in [-0.39, 0.29) is 12.0 Å². The number of furan rings is 2. The van der Waals surface area contributed by atoms with Crippen LogP contribution in [0.15, 0.2) is 26.5 Å². The number of methoxy groups -OCH3 is 2. The molecule has 25 heavy (non-hydrogen) atoms. The second-order valence-corrected chi connectivity index (χ2v) is 5.75. The highest BCUT2D eigenvalue weighted by Crippen LogP contribution is 2.36. The molecule has 6 heteroatoms. The van der Waals surface area contributed by atoms with E-state index in [1.165, 1.54) is 14.2 Å². The van der Waals surface area contributed by atoms with Crippen molar-refractivity contribution in [1.82, 2.24) is 0 Å². The lowest BCUT2D eigenvalue weighted by atomic mass is 9.91. The first kappa shape index (κ1) is 18.6. The molecule has 0 fully saturated rings. The molecule has 2 heterocycles. The standard InChI is InChI=1S/C19H22O6/c1-10-7-14(12(3)24-10)18(15-8-11(2)25-13(15)4)16(19(21)23-6)9-17(20)22-5/h7-8H,9H2,1-6H3. The Balaban J connectivity index is 2.82. The van der Waals surface area contributed by atoms with Crippen LogP contribution in [0.2, 0.25) is 0 Å². The van der Waals surface area contributed by atoms with Gasteiger partial charge in [0.15, 0.2) is 0 Å². The molecule has 0 unspecified atom stereocenters. The zero-order valence-corrected chi connectivity index (χ0v) is 15.3. The first-order valence-electron chi connectivity index (χ1n) is 7.81. The van der Waals surface area contributed by atoms with E-state index >= 15 is 0 Å². The summed E-state index contributed by atoms with van der Waals surface area (Å²) in [4.78, 5) is 24.3. The minimum atomic E-state index is -0.600. The molecule has 2 rings (SSSR count). The Morgan fingerprint density at radius 2 is 1.36 bits per heavy atom. The highest BCUT2D eigenvalue weighted by molar-refractivity contribution is 6.05. The van der Waals surface area contributed by atoms with Crippen LogP contribution >= 0.6 is 0 Å². The number of aryl methyl sites for hydroxylation is 4. The predicted octanol–water partition coefficient (Wildman–Crippen LogP) is 3.64. The summed E-state index contributed by atoms with van der Waals surface area (Å²) >= 11 is 0. The van der Waals surface area contributed by atoms with E-state index < -0.39 is 11.9 Å². The van der Waals surface area contributed by atoms with Crippen LogP contribution in [0.25, 0.3) is 5.57 Å². The van der Waals surface area contributed by atoms with Gasteiger partial charge in [-0.3, -0.25) is 4.79 Å². The maximum atomic E-state index is 12.4.